The van der Waals surface area contributed by atoms with Crippen LogP contribution in [0.2, 0.25) is 0 Å². The Hall–Kier alpha value is -2.60. The van der Waals surface area contributed by atoms with E-state index in [0.717, 1.165) is 29.3 Å². The molecule has 0 unspecified atom stereocenters. The van der Waals surface area contributed by atoms with Crippen LogP contribution >= 0.6 is 0 Å². The van der Waals surface area contributed by atoms with Crippen molar-refractivity contribution in [3.8, 4) is 0 Å². The van der Waals surface area contributed by atoms with Gasteiger partial charge < -0.3 is 15.5 Å². The Kier molecular flexibility index (Phi) is 7.62. The normalized spacial score (nSPS) is 15.6. The Labute approximate surface area is 172 Å². The number of carbonyl (C=O) groups is 2. The monoisotopic (exact) mass is 400 g/mol. The summed E-state index contributed by atoms with van der Waals surface area (Å²) < 4.78 is 0. The molecular formula is C23H32N2O4. The van der Waals surface area contributed by atoms with E-state index < -0.39 is 17.5 Å². The first-order chi connectivity index (χ1) is 13.6. The molecule has 0 amide bonds. The van der Waals surface area contributed by atoms with Crippen LogP contribution in [0.25, 0.3) is 10.8 Å². The maximum Gasteiger partial charge on any atom is 0.328 e. The Balaban J connectivity index is 0.000000221. The summed E-state index contributed by atoms with van der Waals surface area (Å²) in [6, 6.07) is 13.9. The molecule has 1 atom stereocenters. The molecule has 29 heavy (non-hydrogen) atoms. The molecule has 0 bridgehead atoms. The van der Waals surface area contributed by atoms with E-state index >= 15 is 0 Å². The van der Waals surface area contributed by atoms with Gasteiger partial charge in [-0.3, -0.25) is 9.69 Å². The summed E-state index contributed by atoms with van der Waals surface area (Å²) in [5.41, 5.74) is -0.139. The molecule has 3 rings (SSSR count). The predicted octanol–water partition coefficient (Wildman–Crippen LogP) is 4.45. The lowest BCUT2D eigenvalue weighted by Gasteiger charge is -2.27. The Morgan fingerprint density at radius 1 is 1.07 bits per heavy atom. The molecule has 0 radical (unpaired) electrons. The maximum atomic E-state index is 11.1. The van der Waals surface area contributed by atoms with Gasteiger partial charge in [0.25, 0.3) is 0 Å². The Morgan fingerprint density at radius 2 is 1.66 bits per heavy atom. The second-order valence-electron chi connectivity index (χ2n) is 8.20. The molecule has 0 spiro atoms. The average Bonchev–Trinajstić information content (AvgIpc) is 3.22. The summed E-state index contributed by atoms with van der Waals surface area (Å²) in [6.45, 7) is 5.05. The first kappa shape index (κ1) is 22.7. The highest BCUT2D eigenvalue weighted by molar-refractivity contribution is 5.95. The zero-order valence-electron chi connectivity index (χ0n) is 17.7. The molecule has 0 aromatic heterocycles. The van der Waals surface area contributed by atoms with E-state index in [2.05, 4.69) is 5.32 Å². The number of fused-ring (bicyclic) bond motifs is 1. The third-order valence-corrected chi connectivity index (χ3v) is 5.64. The first-order valence-electron chi connectivity index (χ1n) is 10.1. The lowest BCUT2D eigenvalue weighted by molar-refractivity contribution is -0.143. The van der Waals surface area contributed by atoms with Crippen molar-refractivity contribution in [3.05, 3.63) is 42.5 Å². The fourth-order valence-corrected chi connectivity index (χ4v) is 3.53. The van der Waals surface area contributed by atoms with Crippen LogP contribution in [-0.2, 0) is 9.59 Å². The van der Waals surface area contributed by atoms with E-state index in [0.29, 0.717) is 6.04 Å². The second-order valence-corrected chi connectivity index (χ2v) is 8.20. The van der Waals surface area contributed by atoms with E-state index in [4.69, 9.17) is 10.2 Å². The molecule has 1 aliphatic carbocycles. The number of anilines is 1. The van der Waals surface area contributed by atoms with Crippen molar-refractivity contribution < 1.29 is 19.8 Å². The summed E-state index contributed by atoms with van der Waals surface area (Å²) >= 11 is 0. The quantitative estimate of drug-likeness (QED) is 0.664. The van der Waals surface area contributed by atoms with E-state index in [1.54, 1.807) is 20.8 Å². The summed E-state index contributed by atoms with van der Waals surface area (Å²) in [5, 5.41) is 23.1. The number of likely N-dealkylation sites (N-methyl/N-ethyl adjacent to an activating group) is 1. The van der Waals surface area contributed by atoms with Crippen LogP contribution in [0.15, 0.2) is 42.5 Å². The number of hydrogen-bond donors (Lipinski definition) is 3. The van der Waals surface area contributed by atoms with Gasteiger partial charge in [-0.2, -0.15) is 0 Å². The van der Waals surface area contributed by atoms with Crippen molar-refractivity contribution in [1.29, 1.82) is 0 Å². The van der Waals surface area contributed by atoms with Crippen LogP contribution in [0.4, 0.5) is 5.69 Å². The van der Waals surface area contributed by atoms with Crippen LogP contribution in [0.3, 0.4) is 0 Å². The highest BCUT2D eigenvalue weighted by atomic mass is 16.4. The van der Waals surface area contributed by atoms with Gasteiger partial charge in [-0.05, 0) is 52.1 Å². The molecule has 3 N–H and O–H groups in total. The van der Waals surface area contributed by atoms with E-state index in [-0.39, 0.29) is 6.04 Å². The SMILES string of the molecule is CC(C)(Nc1cccc2ccccc12)C(=O)O.C[C@@H](C(=O)O)N(C)C1CCCC1. The number of carboxylic acid groups (broad SMARTS) is 2. The van der Waals surface area contributed by atoms with Crippen molar-refractivity contribution in [2.24, 2.45) is 0 Å². The fraction of sp³-hybridized carbons (Fsp3) is 0.478. The van der Waals surface area contributed by atoms with Crippen molar-refractivity contribution >= 4 is 28.4 Å². The highest BCUT2D eigenvalue weighted by Gasteiger charge is 2.27. The first-order valence-corrected chi connectivity index (χ1v) is 10.1. The van der Waals surface area contributed by atoms with Crippen molar-refractivity contribution in [3.63, 3.8) is 0 Å². The molecule has 2 aromatic carbocycles. The van der Waals surface area contributed by atoms with E-state index in [1.807, 2.05) is 54.4 Å². The number of nitrogens with zero attached hydrogens (tertiary/aromatic N) is 1. The molecule has 0 saturated heterocycles. The standard InChI is InChI=1S/C14H15NO2.C9H17NO2/c1-14(2,13(16)17)15-12-9-5-7-10-6-3-4-8-11(10)12;1-7(9(11)12)10(2)8-5-3-4-6-8/h3-9,15H,1-2H3,(H,16,17);7-8H,3-6H2,1-2H3,(H,11,12)/t;7-/m.0/s1. The number of benzene rings is 2. The van der Waals surface area contributed by atoms with E-state index in [1.165, 1.54) is 12.8 Å². The van der Waals surface area contributed by atoms with Crippen molar-refractivity contribution in [2.45, 2.75) is 64.1 Å². The second kappa shape index (κ2) is 9.74. The summed E-state index contributed by atoms with van der Waals surface area (Å²) in [7, 11) is 1.91. The topological polar surface area (TPSA) is 89.9 Å². The van der Waals surface area contributed by atoms with Gasteiger partial charge in [0.15, 0.2) is 0 Å². The zero-order valence-corrected chi connectivity index (χ0v) is 17.7. The largest absolute Gasteiger partial charge is 0.480 e. The molecule has 0 aliphatic heterocycles. The van der Waals surface area contributed by atoms with Gasteiger partial charge in [-0.15, -0.1) is 0 Å². The van der Waals surface area contributed by atoms with Gasteiger partial charge in [0.05, 0.1) is 0 Å². The minimum atomic E-state index is -0.982. The van der Waals surface area contributed by atoms with Crippen LogP contribution in [0.5, 0.6) is 0 Å². The van der Waals surface area contributed by atoms with Crippen molar-refractivity contribution in [1.82, 2.24) is 4.90 Å². The predicted molar refractivity (Wildman–Crippen MR) is 116 cm³/mol. The number of hydrogen-bond acceptors (Lipinski definition) is 4. The van der Waals surface area contributed by atoms with Crippen LogP contribution < -0.4 is 5.32 Å². The number of carboxylic acids is 2. The van der Waals surface area contributed by atoms with Crippen LogP contribution in [0, 0.1) is 0 Å². The summed E-state index contributed by atoms with van der Waals surface area (Å²) in [6.07, 6.45) is 4.82. The molecule has 1 fully saturated rings. The van der Waals surface area contributed by atoms with Gasteiger partial charge in [0.1, 0.15) is 11.6 Å². The van der Waals surface area contributed by atoms with Crippen LogP contribution in [0.1, 0.15) is 46.5 Å². The molecule has 158 valence electrons. The van der Waals surface area contributed by atoms with Gasteiger partial charge in [0, 0.05) is 17.1 Å². The van der Waals surface area contributed by atoms with Gasteiger partial charge in [0.2, 0.25) is 0 Å². The highest BCUT2D eigenvalue weighted by Crippen LogP contribution is 2.26. The summed E-state index contributed by atoms with van der Waals surface area (Å²) in [4.78, 5) is 23.7. The van der Waals surface area contributed by atoms with Gasteiger partial charge >= 0.3 is 11.9 Å². The number of aliphatic carboxylic acids is 2. The van der Waals surface area contributed by atoms with Gasteiger partial charge in [-0.25, -0.2) is 4.79 Å². The molecule has 0 heterocycles. The Morgan fingerprint density at radius 3 is 2.24 bits per heavy atom. The fourth-order valence-electron chi connectivity index (χ4n) is 3.53. The van der Waals surface area contributed by atoms with Crippen molar-refractivity contribution in [2.75, 3.05) is 12.4 Å². The molecule has 2 aromatic rings. The van der Waals surface area contributed by atoms with Gasteiger partial charge in [-0.1, -0.05) is 49.2 Å². The smallest absolute Gasteiger partial charge is 0.328 e. The number of nitrogens with one attached hydrogen (secondary N) is 1. The lowest BCUT2D eigenvalue weighted by atomic mass is 10.0. The van der Waals surface area contributed by atoms with Crippen LogP contribution in [-0.4, -0.2) is 51.7 Å². The third kappa shape index (κ3) is 5.94. The molecule has 1 saturated carbocycles. The zero-order chi connectivity index (χ0) is 21.6. The molecule has 1 aliphatic rings. The third-order valence-electron chi connectivity index (χ3n) is 5.64. The number of rotatable bonds is 6. The molecule has 6 heteroatoms. The lowest BCUT2D eigenvalue weighted by Crippen LogP contribution is -2.41. The average molecular weight is 401 g/mol. The summed E-state index contributed by atoms with van der Waals surface area (Å²) in [5.74, 6) is -1.59. The maximum absolute atomic E-state index is 11.1. The minimum absolute atomic E-state index is 0.340. The minimum Gasteiger partial charge on any atom is -0.480 e. The molecular weight excluding hydrogens is 368 g/mol. The Bertz CT molecular complexity index is 838. The van der Waals surface area contributed by atoms with E-state index in [9.17, 15) is 9.59 Å². The molecule has 6 nitrogen and oxygen atoms in total.